The fraction of sp³-hybridized carbons (Fsp3) is 0.733. The summed E-state index contributed by atoms with van der Waals surface area (Å²) in [5.41, 5.74) is 1.75. The van der Waals surface area contributed by atoms with E-state index in [1.54, 1.807) is 34.6 Å². The van der Waals surface area contributed by atoms with Gasteiger partial charge in [-0.25, -0.2) is 0 Å². The summed E-state index contributed by atoms with van der Waals surface area (Å²) in [5.74, 6) is -0.853. The molecular weight excluding hydrogens is 481 g/mol. The third-order valence-corrected chi connectivity index (χ3v) is 6.60. The molecule has 1 aromatic rings. The number of alkyl halides is 3. The molecule has 0 fully saturated rings. The Morgan fingerprint density at radius 3 is 1.49 bits per heavy atom. The smallest absolute Gasteiger partial charge is 0.425 e. The van der Waals surface area contributed by atoms with Gasteiger partial charge in [0.2, 0.25) is 0 Å². The third kappa shape index (κ3) is 15.1. The molecule has 0 heterocycles. The Kier molecular flexibility index (Phi) is 17.1. The van der Waals surface area contributed by atoms with E-state index in [2.05, 4.69) is 63.6 Å². The number of carboxylic acids is 1. The number of hydrogen-bond acceptors (Lipinski definition) is 3. The predicted molar refractivity (Wildman–Crippen MR) is 148 cm³/mol. The topological polar surface area (TPSA) is 63.6 Å². The largest absolute Gasteiger partial charge is 0.481 e. The van der Waals surface area contributed by atoms with E-state index in [1.807, 2.05) is 6.92 Å². The number of rotatable bonds is 7. The first kappa shape index (κ1) is 39.5. The number of benzene rings is 1. The maximum atomic E-state index is 12.0. The van der Waals surface area contributed by atoms with Crippen LogP contribution in [0.5, 0.6) is 0 Å². The highest BCUT2D eigenvalue weighted by Crippen LogP contribution is 2.28. The first-order valence-corrected chi connectivity index (χ1v) is 12.7. The second-order valence-corrected chi connectivity index (χ2v) is 11.6. The van der Waals surface area contributed by atoms with Gasteiger partial charge in [0, 0.05) is 0 Å². The highest BCUT2D eigenvalue weighted by molar-refractivity contribution is 5.76. The molecule has 1 aromatic carbocycles. The summed E-state index contributed by atoms with van der Waals surface area (Å²) >= 11 is 0. The molecule has 0 spiro atoms. The summed E-state index contributed by atoms with van der Waals surface area (Å²) < 4.78 is 40.4. The minimum absolute atomic E-state index is 0. The van der Waals surface area contributed by atoms with Crippen molar-refractivity contribution in [2.24, 2.45) is 10.8 Å². The molecule has 2 atom stereocenters. The molecule has 4 nitrogen and oxygen atoms in total. The number of esters is 1. The Hall–Kier alpha value is -2.05. The van der Waals surface area contributed by atoms with Crippen molar-refractivity contribution in [2.75, 3.05) is 0 Å². The van der Waals surface area contributed by atoms with Gasteiger partial charge in [0.1, 0.15) is 0 Å². The third-order valence-electron chi connectivity index (χ3n) is 6.60. The predicted octanol–water partition coefficient (Wildman–Crippen LogP) is 9.56. The molecule has 2 unspecified atom stereocenters. The molecule has 7 heteroatoms. The van der Waals surface area contributed by atoms with Gasteiger partial charge in [-0.2, -0.15) is 13.2 Å². The lowest BCUT2D eigenvalue weighted by atomic mass is 9.85. The summed E-state index contributed by atoms with van der Waals surface area (Å²) in [4.78, 5) is 21.5. The number of carbonyl (C=O) groups excluding carboxylic acids is 1. The second kappa shape index (κ2) is 16.0. The van der Waals surface area contributed by atoms with Crippen molar-refractivity contribution in [3.63, 3.8) is 0 Å². The summed E-state index contributed by atoms with van der Waals surface area (Å²) in [7, 11) is 0. The Morgan fingerprint density at radius 1 is 0.838 bits per heavy atom. The van der Waals surface area contributed by atoms with E-state index >= 15 is 0 Å². The number of carboxylic acid groups (broad SMARTS) is 1. The van der Waals surface area contributed by atoms with Gasteiger partial charge in [-0.1, -0.05) is 80.2 Å². The van der Waals surface area contributed by atoms with Gasteiger partial charge in [0.25, 0.3) is 0 Å². The SMILES string of the molecule is C.CCC(C)(C)C(=O)O.CCC(C)(C)C(=O)OC(C)C(F)(F)F.CCC(C)c1ccc(C(C)(C)C)cc1. The van der Waals surface area contributed by atoms with Crippen LogP contribution in [0.2, 0.25) is 0 Å². The van der Waals surface area contributed by atoms with Crippen LogP contribution in [-0.2, 0) is 19.7 Å². The van der Waals surface area contributed by atoms with Gasteiger partial charge in [0.05, 0.1) is 10.8 Å². The average Bonchev–Trinajstić information content (AvgIpc) is 2.78. The molecule has 0 amide bonds. The van der Waals surface area contributed by atoms with E-state index < -0.39 is 35.0 Å². The van der Waals surface area contributed by atoms with Crippen LogP contribution >= 0.6 is 0 Å². The Morgan fingerprint density at radius 2 is 1.24 bits per heavy atom. The van der Waals surface area contributed by atoms with E-state index in [4.69, 9.17) is 5.11 Å². The van der Waals surface area contributed by atoms with Crippen LogP contribution in [-0.4, -0.2) is 29.3 Å². The normalized spacial score (nSPS) is 13.5. The Balaban J connectivity index is -0.000000481. The Labute approximate surface area is 224 Å². The zero-order valence-electron chi connectivity index (χ0n) is 24.4. The minimum Gasteiger partial charge on any atom is -0.481 e. The van der Waals surface area contributed by atoms with Crippen LogP contribution in [0.15, 0.2) is 24.3 Å². The molecule has 0 aliphatic carbocycles. The van der Waals surface area contributed by atoms with Gasteiger partial charge in [0.15, 0.2) is 6.10 Å². The summed E-state index contributed by atoms with van der Waals surface area (Å²) in [5, 5.41) is 8.44. The van der Waals surface area contributed by atoms with Crippen LogP contribution in [0, 0.1) is 10.8 Å². The standard InChI is InChI=1S/C14H22.C9H15F3O2.C6H12O2.CH4/c1-6-11(2)12-7-9-13(10-8-12)14(3,4)5;1-5-8(3,4)7(13)14-6(2)9(10,11)12;1-4-6(2,3)5(7)8;/h7-11H,6H2,1-5H3;6H,5H2,1-4H3;4H2,1-3H3,(H,7,8);1H4. The van der Waals surface area contributed by atoms with E-state index in [0.29, 0.717) is 18.8 Å². The van der Waals surface area contributed by atoms with Gasteiger partial charge in [-0.05, 0) is 76.3 Å². The number of aliphatic carboxylic acids is 1. The van der Waals surface area contributed by atoms with Crippen LogP contribution in [0.3, 0.4) is 0 Å². The number of carbonyl (C=O) groups is 2. The lowest BCUT2D eigenvalue weighted by Gasteiger charge is -2.24. The lowest BCUT2D eigenvalue weighted by Crippen LogP contribution is -2.36. The van der Waals surface area contributed by atoms with Crippen molar-refractivity contribution in [1.29, 1.82) is 0 Å². The number of ether oxygens (including phenoxy) is 1. The molecule has 0 radical (unpaired) electrons. The Bertz CT molecular complexity index is 789. The maximum absolute atomic E-state index is 12.0. The molecule has 1 rings (SSSR count). The van der Waals surface area contributed by atoms with Crippen molar-refractivity contribution >= 4 is 11.9 Å². The van der Waals surface area contributed by atoms with Crippen LogP contribution < -0.4 is 0 Å². The molecular formula is C30H53F3O4. The van der Waals surface area contributed by atoms with Crippen molar-refractivity contribution in [1.82, 2.24) is 0 Å². The maximum Gasteiger partial charge on any atom is 0.425 e. The molecule has 218 valence electrons. The number of halogens is 3. The van der Waals surface area contributed by atoms with Crippen molar-refractivity contribution in [3.8, 4) is 0 Å². The van der Waals surface area contributed by atoms with E-state index in [-0.39, 0.29) is 12.8 Å². The van der Waals surface area contributed by atoms with E-state index in [0.717, 1.165) is 6.92 Å². The second-order valence-electron chi connectivity index (χ2n) is 11.6. The molecule has 0 bridgehead atoms. The van der Waals surface area contributed by atoms with E-state index in [1.165, 1.54) is 17.5 Å². The average molecular weight is 535 g/mol. The highest BCUT2D eigenvalue weighted by atomic mass is 19.4. The molecule has 0 saturated heterocycles. The first-order chi connectivity index (χ1) is 16.1. The fourth-order valence-electron chi connectivity index (χ4n) is 2.23. The lowest BCUT2D eigenvalue weighted by molar-refractivity contribution is -0.221. The van der Waals surface area contributed by atoms with Crippen LogP contribution in [0.1, 0.15) is 127 Å². The monoisotopic (exact) mass is 534 g/mol. The van der Waals surface area contributed by atoms with Crippen molar-refractivity contribution in [2.45, 2.75) is 133 Å². The van der Waals surface area contributed by atoms with E-state index in [9.17, 15) is 22.8 Å². The molecule has 0 saturated carbocycles. The van der Waals surface area contributed by atoms with Crippen LogP contribution in [0.25, 0.3) is 0 Å². The van der Waals surface area contributed by atoms with Gasteiger partial charge in [-0.15, -0.1) is 0 Å². The first-order valence-electron chi connectivity index (χ1n) is 12.7. The quantitative estimate of drug-likeness (QED) is 0.354. The molecule has 1 N–H and O–H groups in total. The molecule has 0 aromatic heterocycles. The van der Waals surface area contributed by atoms with Gasteiger partial charge < -0.3 is 9.84 Å². The van der Waals surface area contributed by atoms with Crippen molar-refractivity contribution in [3.05, 3.63) is 35.4 Å². The fourth-order valence-corrected chi connectivity index (χ4v) is 2.23. The van der Waals surface area contributed by atoms with Gasteiger partial charge in [-0.3, -0.25) is 9.59 Å². The highest BCUT2D eigenvalue weighted by Gasteiger charge is 2.41. The molecule has 37 heavy (non-hydrogen) atoms. The summed E-state index contributed by atoms with van der Waals surface area (Å²) in [6, 6.07) is 9.08. The summed E-state index contributed by atoms with van der Waals surface area (Å²) in [6.07, 6.45) is -4.19. The molecule has 0 aliphatic heterocycles. The number of hydrogen-bond donors (Lipinski definition) is 1. The minimum atomic E-state index is -4.49. The van der Waals surface area contributed by atoms with Crippen LogP contribution in [0.4, 0.5) is 13.2 Å². The summed E-state index contributed by atoms with van der Waals surface area (Å²) in [6.45, 7) is 22.2. The van der Waals surface area contributed by atoms with Crippen molar-refractivity contribution < 1.29 is 32.6 Å². The molecule has 0 aliphatic rings. The van der Waals surface area contributed by atoms with Gasteiger partial charge >= 0.3 is 18.1 Å². The zero-order chi connectivity index (χ0) is 29.1. The zero-order valence-corrected chi connectivity index (χ0v) is 24.4.